The Kier molecular flexibility index (Phi) is 4.01. The third-order valence-corrected chi connectivity index (χ3v) is 5.19. The molecule has 0 fully saturated rings. The van der Waals surface area contributed by atoms with Crippen molar-refractivity contribution in [2.45, 2.75) is 39.2 Å². The molecule has 1 aliphatic carbocycles. The minimum Gasteiger partial charge on any atom is -0.313 e. The summed E-state index contributed by atoms with van der Waals surface area (Å²) in [5, 5.41) is 3.47. The summed E-state index contributed by atoms with van der Waals surface area (Å²) in [6, 6.07) is 4.73. The van der Waals surface area contributed by atoms with Gasteiger partial charge in [-0.25, -0.2) is 0 Å². The van der Waals surface area contributed by atoms with Gasteiger partial charge in [-0.3, -0.25) is 0 Å². The molecule has 0 aliphatic heterocycles. The summed E-state index contributed by atoms with van der Waals surface area (Å²) in [4.78, 5) is 0. The van der Waals surface area contributed by atoms with Crippen LogP contribution in [-0.2, 0) is 6.42 Å². The van der Waals surface area contributed by atoms with E-state index in [1.54, 1.807) is 0 Å². The van der Waals surface area contributed by atoms with Gasteiger partial charge in [-0.2, -0.15) is 0 Å². The second-order valence-electron chi connectivity index (χ2n) is 5.63. The van der Waals surface area contributed by atoms with Crippen LogP contribution in [0.5, 0.6) is 0 Å². The summed E-state index contributed by atoms with van der Waals surface area (Å²) in [6.07, 6.45) is 3.58. The zero-order chi connectivity index (χ0) is 12.6. The van der Waals surface area contributed by atoms with Crippen molar-refractivity contribution in [1.82, 2.24) is 5.32 Å². The van der Waals surface area contributed by atoms with Crippen LogP contribution in [0, 0.1) is 5.41 Å². The Balaban J connectivity index is 2.54. The first kappa shape index (κ1) is 13.6. The second kappa shape index (κ2) is 5.02. The first-order valence-electron chi connectivity index (χ1n) is 6.08. The van der Waals surface area contributed by atoms with Crippen LogP contribution in [0.4, 0.5) is 0 Å². The molecule has 1 aliphatic rings. The zero-order valence-electron chi connectivity index (χ0n) is 10.6. The second-order valence-corrected chi connectivity index (χ2v) is 7.34. The van der Waals surface area contributed by atoms with Gasteiger partial charge in [0.2, 0.25) is 0 Å². The van der Waals surface area contributed by atoms with Crippen LogP contribution in [0.3, 0.4) is 0 Å². The van der Waals surface area contributed by atoms with Gasteiger partial charge in [0.15, 0.2) is 0 Å². The minimum absolute atomic E-state index is 0.394. The van der Waals surface area contributed by atoms with Crippen LogP contribution >= 0.6 is 31.9 Å². The highest BCUT2D eigenvalue weighted by atomic mass is 79.9. The number of hydrogen-bond donors (Lipinski definition) is 1. The van der Waals surface area contributed by atoms with Gasteiger partial charge in [0.1, 0.15) is 0 Å². The van der Waals surface area contributed by atoms with E-state index < -0.39 is 0 Å². The number of hydrogen-bond acceptors (Lipinski definition) is 1. The molecule has 17 heavy (non-hydrogen) atoms. The zero-order valence-corrected chi connectivity index (χ0v) is 13.8. The Labute approximate surface area is 121 Å². The van der Waals surface area contributed by atoms with Crippen LogP contribution in [0.1, 0.15) is 43.9 Å². The van der Waals surface area contributed by atoms with Crippen molar-refractivity contribution in [3.63, 3.8) is 0 Å². The Hall–Kier alpha value is 0.140. The normalized spacial score (nSPS) is 23.0. The number of benzene rings is 1. The third-order valence-electron chi connectivity index (χ3n) is 3.75. The summed E-state index contributed by atoms with van der Waals surface area (Å²) in [5.74, 6) is 0. The van der Waals surface area contributed by atoms with Crippen LogP contribution in [-0.4, -0.2) is 7.05 Å². The molecule has 1 atom stereocenters. The molecule has 0 amide bonds. The predicted octanol–water partition coefficient (Wildman–Crippen LogP) is 4.83. The Morgan fingerprint density at radius 2 is 1.88 bits per heavy atom. The van der Waals surface area contributed by atoms with E-state index in [0.29, 0.717) is 11.5 Å². The van der Waals surface area contributed by atoms with E-state index in [4.69, 9.17) is 0 Å². The standard InChI is InChI=1S/C14H19Br2N/c1-14(2)7-6-9-10(15)4-5-11(16)13(9)12(8-14)17-3/h4-5,12,17H,6-8H2,1-3H3. The maximum Gasteiger partial charge on any atom is 0.0337 e. The van der Waals surface area contributed by atoms with Crippen molar-refractivity contribution < 1.29 is 0 Å². The van der Waals surface area contributed by atoms with E-state index in [0.717, 1.165) is 6.42 Å². The molecule has 2 rings (SSSR count). The lowest BCUT2D eigenvalue weighted by Gasteiger charge is -2.27. The molecule has 1 aromatic carbocycles. The van der Waals surface area contributed by atoms with Crippen molar-refractivity contribution in [1.29, 1.82) is 0 Å². The van der Waals surface area contributed by atoms with Crippen molar-refractivity contribution in [3.05, 3.63) is 32.2 Å². The molecule has 94 valence electrons. The highest BCUT2D eigenvalue weighted by Gasteiger charge is 2.30. The van der Waals surface area contributed by atoms with Gasteiger partial charge in [-0.15, -0.1) is 0 Å². The number of rotatable bonds is 1. The van der Waals surface area contributed by atoms with E-state index in [2.05, 4.69) is 70.2 Å². The van der Waals surface area contributed by atoms with Crippen LogP contribution in [0.25, 0.3) is 0 Å². The SMILES string of the molecule is CNC1CC(C)(C)CCc2c(Br)ccc(Br)c21. The van der Waals surface area contributed by atoms with Gasteiger partial charge < -0.3 is 5.32 Å². The molecule has 3 heteroatoms. The molecule has 0 aromatic heterocycles. The summed E-state index contributed by atoms with van der Waals surface area (Å²) in [7, 11) is 2.06. The molecule has 0 radical (unpaired) electrons. The van der Waals surface area contributed by atoms with E-state index in [-0.39, 0.29) is 0 Å². The molecule has 0 heterocycles. The van der Waals surface area contributed by atoms with Gasteiger partial charge in [0.05, 0.1) is 0 Å². The van der Waals surface area contributed by atoms with Crippen molar-refractivity contribution >= 4 is 31.9 Å². The van der Waals surface area contributed by atoms with Gasteiger partial charge in [-0.05, 0) is 55.0 Å². The van der Waals surface area contributed by atoms with Crippen LogP contribution in [0.15, 0.2) is 21.1 Å². The van der Waals surface area contributed by atoms with Gasteiger partial charge in [0, 0.05) is 15.0 Å². The fraction of sp³-hybridized carbons (Fsp3) is 0.571. The monoisotopic (exact) mass is 359 g/mol. The molecule has 0 spiro atoms. The molecule has 0 saturated carbocycles. The quantitative estimate of drug-likeness (QED) is 0.707. The van der Waals surface area contributed by atoms with Crippen molar-refractivity contribution in [2.24, 2.45) is 5.41 Å². The topological polar surface area (TPSA) is 12.0 Å². The third kappa shape index (κ3) is 2.77. The lowest BCUT2D eigenvalue weighted by Crippen LogP contribution is -2.23. The van der Waals surface area contributed by atoms with Gasteiger partial charge in [-0.1, -0.05) is 45.7 Å². The largest absolute Gasteiger partial charge is 0.313 e. The maximum absolute atomic E-state index is 3.71. The van der Waals surface area contributed by atoms with E-state index in [1.807, 2.05) is 0 Å². The van der Waals surface area contributed by atoms with Gasteiger partial charge in [0.25, 0.3) is 0 Å². The van der Waals surface area contributed by atoms with Crippen LogP contribution in [0.2, 0.25) is 0 Å². The van der Waals surface area contributed by atoms with E-state index >= 15 is 0 Å². The molecule has 0 bridgehead atoms. The average molecular weight is 361 g/mol. The summed E-state index contributed by atoms with van der Waals surface area (Å²) in [5.41, 5.74) is 3.29. The van der Waals surface area contributed by atoms with Crippen molar-refractivity contribution in [2.75, 3.05) is 7.05 Å². The summed E-state index contributed by atoms with van der Waals surface area (Å²) < 4.78 is 2.47. The van der Waals surface area contributed by atoms with Crippen LogP contribution < -0.4 is 5.32 Å². The van der Waals surface area contributed by atoms with E-state index in [1.165, 1.54) is 32.9 Å². The molecule has 1 N–H and O–H groups in total. The molecule has 1 aromatic rings. The number of fused-ring (bicyclic) bond motifs is 1. The molecule has 1 nitrogen and oxygen atoms in total. The highest BCUT2D eigenvalue weighted by molar-refractivity contribution is 9.11. The summed E-state index contributed by atoms with van der Waals surface area (Å²) >= 11 is 7.41. The summed E-state index contributed by atoms with van der Waals surface area (Å²) in [6.45, 7) is 4.73. The van der Waals surface area contributed by atoms with E-state index in [9.17, 15) is 0 Å². The molecule has 1 unspecified atom stereocenters. The Bertz CT molecular complexity index is 426. The van der Waals surface area contributed by atoms with Gasteiger partial charge >= 0.3 is 0 Å². The maximum atomic E-state index is 3.71. The smallest absolute Gasteiger partial charge is 0.0337 e. The minimum atomic E-state index is 0.394. The lowest BCUT2D eigenvalue weighted by molar-refractivity contribution is 0.279. The Morgan fingerprint density at radius 1 is 1.24 bits per heavy atom. The fourth-order valence-electron chi connectivity index (χ4n) is 2.71. The van der Waals surface area contributed by atoms with Crippen molar-refractivity contribution in [3.8, 4) is 0 Å². The first-order valence-corrected chi connectivity index (χ1v) is 7.67. The molecule has 0 saturated heterocycles. The highest BCUT2D eigenvalue weighted by Crippen LogP contribution is 2.43. The first-order chi connectivity index (χ1) is 7.94. The molecular formula is C14H19Br2N. The predicted molar refractivity (Wildman–Crippen MR) is 80.4 cm³/mol. The Morgan fingerprint density at radius 3 is 2.53 bits per heavy atom. The molecular weight excluding hydrogens is 342 g/mol. The fourth-order valence-corrected chi connectivity index (χ4v) is 3.90. The lowest BCUT2D eigenvalue weighted by atomic mass is 9.83. The number of halogens is 2. The number of nitrogens with one attached hydrogen (secondary N) is 1. The average Bonchev–Trinajstić information content (AvgIpc) is 2.41.